The minimum absolute atomic E-state index is 1.10. The van der Waals surface area contributed by atoms with E-state index in [0.717, 1.165) is 17.1 Å². The molecule has 0 N–H and O–H groups in total. The Labute approximate surface area is 334 Å². The van der Waals surface area contributed by atoms with Crippen LogP contribution in [0.3, 0.4) is 0 Å². The lowest BCUT2D eigenvalue weighted by Crippen LogP contribution is -2.10. The van der Waals surface area contributed by atoms with Crippen LogP contribution in [0.5, 0.6) is 0 Å². The highest BCUT2D eigenvalue weighted by molar-refractivity contribution is 5.99. The summed E-state index contributed by atoms with van der Waals surface area (Å²) in [5, 5.41) is 4.93. The molecule has 1 heteroatoms. The second-order valence-corrected chi connectivity index (χ2v) is 14.6. The van der Waals surface area contributed by atoms with Crippen molar-refractivity contribution in [3.8, 4) is 55.6 Å². The molecule has 0 bridgehead atoms. The van der Waals surface area contributed by atoms with Crippen molar-refractivity contribution < 1.29 is 0 Å². The topological polar surface area (TPSA) is 3.24 Å². The standard InChI is InChI=1S/C56H39N/c1-3-14-43(15-4-1)53-36-31-50(39-55(53)45-16-5-2-6-17-45)42-29-34-52(35-30-42)57(56-24-12-20-44-18-9-10-23-54(44)56)51-32-27-41(28-33-51)47-21-11-22-48(37-47)49-26-25-40-13-7-8-19-46(40)38-49/h1-39H. The van der Waals surface area contributed by atoms with Gasteiger partial charge >= 0.3 is 0 Å². The van der Waals surface area contributed by atoms with Crippen LogP contribution in [0, 0.1) is 0 Å². The zero-order chi connectivity index (χ0) is 38.0. The number of hydrogen-bond acceptors (Lipinski definition) is 1. The number of nitrogens with zero attached hydrogens (tertiary/aromatic N) is 1. The van der Waals surface area contributed by atoms with Gasteiger partial charge in [0.1, 0.15) is 0 Å². The molecule has 0 fully saturated rings. The van der Waals surface area contributed by atoms with Crippen LogP contribution in [0.1, 0.15) is 0 Å². The molecule has 0 atom stereocenters. The summed E-state index contributed by atoms with van der Waals surface area (Å²) < 4.78 is 0. The number of benzene rings is 10. The van der Waals surface area contributed by atoms with E-state index < -0.39 is 0 Å². The van der Waals surface area contributed by atoms with Gasteiger partial charge in [-0.1, -0.05) is 188 Å². The Morgan fingerprint density at radius 3 is 1.37 bits per heavy atom. The van der Waals surface area contributed by atoms with Crippen molar-refractivity contribution in [2.45, 2.75) is 0 Å². The molecule has 0 saturated heterocycles. The average molecular weight is 726 g/mol. The molecule has 10 aromatic carbocycles. The zero-order valence-corrected chi connectivity index (χ0v) is 31.5. The molecule has 0 heterocycles. The molecule has 0 unspecified atom stereocenters. The molecule has 0 aliphatic rings. The first-order valence-electron chi connectivity index (χ1n) is 19.6. The van der Waals surface area contributed by atoms with Crippen LogP contribution in [0.4, 0.5) is 17.1 Å². The highest BCUT2D eigenvalue weighted by atomic mass is 15.1. The van der Waals surface area contributed by atoms with Gasteiger partial charge in [0.05, 0.1) is 5.69 Å². The lowest BCUT2D eigenvalue weighted by Gasteiger charge is -2.27. The molecule has 0 radical (unpaired) electrons. The van der Waals surface area contributed by atoms with Gasteiger partial charge in [0, 0.05) is 16.8 Å². The molecule has 0 aromatic heterocycles. The molecular weight excluding hydrogens is 687 g/mol. The summed E-state index contributed by atoms with van der Waals surface area (Å²) in [5.74, 6) is 0. The Morgan fingerprint density at radius 1 is 0.228 bits per heavy atom. The van der Waals surface area contributed by atoms with E-state index in [9.17, 15) is 0 Å². The number of anilines is 3. The van der Waals surface area contributed by atoms with Crippen molar-refractivity contribution in [1.29, 1.82) is 0 Å². The molecule has 57 heavy (non-hydrogen) atoms. The maximum absolute atomic E-state index is 2.38. The van der Waals surface area contributed by atoms with Crippen molar-refractivity contribution >= 4 is 38.6 Å². The van der Waals surface area contributed by atoms with Crippen molar-refractivity contribution in [2.75, 3.05) is 4.90 Å². The fourth-order valence-corrected chi connectivity index (χ4v) is 8.13. The summed E-state index contributed by atoms with van der Waals surface area (Å²) in [6, 6.07) is 85.6. The van der Waals surface area contributed by atoms with Gasteiger partial charge in [-0.15, -0.1) is 0 Å². The Balaban J connectivity index is 1.02. The fourth-order valence-electron chi connectivity index (χ4n) is 8.13. The molecule has 268 valence electrons. The van der Waals surface area contributed by atoms with E-state index in [4.69, 9.17) is 0 Å². The fraction of sp³-hybridized carbons (Fsp3) is 0. The molecule has 1 nitrogen and oxygen atoms in total. The predicted molar refractivity (Wildman–Crippen MR) is 243 cm³/mol. The average Bonchev–Trinajstić information content (AvgIpc) is 3.30. The van der Waals surface area contributed by atoms with Crippen LogP contribution in [-0.4, -0.2) is 0 Å². The Hall–Kier alpha value is -7.48. The molecular formula is C56H39N. The van der Waals surface area contributed by atoms with Crippen molar-refractivity contribution in [3.05, 3.63) is 237 Å². The van der Waals surface area contributed by atoms with Crippen LogP contribution in [0.15, 0.2) is 237 Å². The highest BCUT2D eigenvalue weighted by Gasteiger charge is 2.17. The molecule has 0 saturated carbocycles. The Morgan fingerprint density at radius 2 is 0.684 bits per heavy atom. The SMILES string of the molecule is c1ccc(-c2ccc(-c3ccc(N(c4ccc(-c5cccc(-c6ccc7ccccc7c6)c5)cc4)c4cccc5ccccc45)cc3)cc2-c2ccccc2)cc1. The first-order chi connectivity index (χ1) is 28.2. The van der Waals surface area contributed by atoms with Gasteiger partial charge in [0.25, 0.3) is 0 Å². The lowest BCUT2D eigenvalue weighted by atomic mass is 9.91. The predicted octanol–water partition coefficient (Wildman–Crippen LogP) is 15.8. The minimum atomic E-state index is 1.10. The second-order valence-electron chi connectivity index (χ2n) is 14.6. The monoisotopic (exact) mass is 725 g/mol. The van der Waals surface area contributed by atoms with E-state index in [2.05, 4.69) is 241 Å². The number of hydrogen-bond donors (Lipinski definition) is 0. The molecule has 0 amide bonds. The van der Waals surface area contributed by atoms with Gasteiger partial charge in [-0.05, 0) is 120 Å². The maximum atomic E-state index is 2.38. The van der Waals surface area contributed by atoms with Crippen molar-refractivity contribution in [2.24, 2.45) is 0 Å². The van der Waals surface area contributed by atoms with Crippen LogP contribution in [-0.2, 0) is 0 Å². The van der Waals surface area contributed by atoms with Crippen molar-refractivity contribution in [3.63, 3.8) is 0 Å². The summed E-state index contributed by atoms with van der Waals surface area (Å²) in [6.45, 7) is 0. The van der Waals surface area contributed by atoms with Gasteiger partial charge in [-0.25, -0.2) is 0 Å². The molecule has 0 spiro atoms. The lowest BCUT2D eigenvalue weighted by molar-refractivity contribution is 1.30. The molecule has 0 aliphatic heterocycles. The number of fused-ring (bicyclic) bond motifs is 2. The minimum Gasteiger partial charge on any atom is -0.310 e. The van der Waals surface area contributed by atoms with Crippen LogP contribution < -0.4 is 4.90 Å². The highest BCUT2D eigenvalue weighted by Crippen LogP contribution is 2.41. The summed E-state index contributed by atoms with van der Waals surface area (Å²) in [5.41, 5.74) is 15.4. The van der Waals surface area contributed by atoms with Crippen LogP contribution >= 0.6 is 0 Å². The maximum Gasteiger partial charge on any atom is 0.0540 e. The van der Waals surface area contributed by atoms with E-state index in [1.807, 2.05) is 0 Å². The Kier molecular flexibility index (Phi) is 8.95. The van der Waals surface area contributed by atoms with Crippen molar-refractivity contribution in [1.82, 2.24) is 0 Å². The molecule has 10 rings (SSSR count). The molecule has 10 aromatic rings. The third-order valence-electron chi connectivity index (χ3n) is 11.1. The van der Waals surface area contributed by atoms with Gasteiger partial charge in [-0.3, -0.25) is 0 Å². The van der Waals surface area contributed by atoms with Gasteiger partial charge in [0.15, 0.2) is 0 Å². The van der Waals surface area contributed by atoms with E-state index in [1.54, 1.807) is 0 Å². The zero-order valence-electron chi connectivity index (χ0n) is 31.5. The van der Waals surface area contributed by atoms with Crippen LogP contribution in [0.2, 0.25) is 0 Å². The normalized spacial score (nSPS) is 11.2. The first-order valence-corrected chi connectivity index (χ1v) is 19.6. The second kappa shape index (κ2) is 15.0. The summed E-state index contributed by atoms with van der Waals surface area (Å²) in [4.78, 5) is 2.38. The molecule has 0 aliphatic carbocycles. The Bertz CT molecular complexity index is 2980. The van der Waals surface area contributed by atoms with Crippen LogP contribution in [0.25, 0.3) is 77.2 Å². The van der Waals surface area contributed by atoms with E-state index >= 15 is 0 Å². The summed E-state index contributed by atoms with van der Waals surface area (Å²) in [7, 11) is 0. The third-order valence-corrected chi connectivity index (χ3v) is 11.1. The van der Waals surface area contributed by atoms with Gasteiger partial charge < -0.3 is 4.90 Å². The third kappa shape index (κ3) is 6.77. The quantitative estimate of drug-likeness (QED) is 0.151. The summed E-state index contributed by atoms with van der Waals surface area (Å²) in [6.07, 6.45) is 0. The summed E-state index contributed by atoms with van der Waals surface area (Å²) >= 11 is 0. The van der Waals surface area contributed by atoms with E-state index in [-0.39, 0.29) is 0 Å². The number of rotatable bonds is 8. The van der Waals surface area contributed by atoms with E-state index in [0.29, 0.717) is 0 Å². The first kappa shape index (κ1) is 34.0. The van der Waals surface area contributed by atoms with Gasteiger partial charge in [-0.2, -0.15) is 0 Å². The smallest absolute Gasteiger partial charge is 0.0540 e. The van der Waals surface area contributed by atoms with E-state index in [1.165, 1.54) is 77.2 Å². The largest absolute Gasteiger partial charge is 0.310 e. The van der Waals surface area contributed by atoms with Gasteiger partial charge in [0.2, 0.25) is 0 Å².